The summed E-state index contributed by atoms with van der Waals surface area (Å²) in [6.07, 6.45) is 1.39. The summed E-state index contributed by atoms with van der Waals surface area (Å²) >= 11 is 2.50. The molecule has 0 aliphatic heterocycles. The quantitative estimate of drug-likeness (QED) is 0.183. The summed E-state index contributed by atoms with van der Waals surface area (Å²) in [5.74, 6) is 0. The summed E-state index contributed by atoms with van der Waals surface area (Å²) in [5.41, 5.74) is 1.23. The lowest BCUT2D eigenvalue weighted by Gasteiger charge is -1.98. The van der Waals surface area contributed by atoms with Gasteiger partial charge in [0, 0.05) is 0 Å². The predicted molar refractivity (Wildman–Crippen MR) is 26.7 cm³/mol. The highest BCUT2D eigenvalue weighted by Gasteiger charge is 2.04. The molecule has 44 valence electrons. The summed E-state index contributed by atoms with van der Waals surface area (Å²) in [5, 5.41) is 15.7. The number of nitrogens with zero attached hydrogens (tertiary/aromatic N) is 2. The number of carbonyl (C=O) groups excluding carboxylic acids is 1. The molecule has 0 saturated carbocycles. The van der Waals surface area contributed by atoms with Gasteiger partial charge in [0.2, 0.25) is 0 Å². The van der Waals surface area contributed by atoms with Gasteiger partial charge in [0.25, 0.3) is 0 Å². The topological polar surface area (TPSA) is 76.4 Å². The standard InChI is InChI=1S/C2H2BrN3O2/c3-6(1-4)2(7)5-8/h8H,(H,5,7). The molecule has 2 amide bonds. The van der Waals surface area contributed by atoms with E-state index >= 15 is 0 Å². The van der Waals surface area contributed by atoms with Crippen molar-refractivity contribution in [3.8, 4) is 6.19 Å². The number of amides is 2. The summed E-state index contributed by atoms with van der Waals surface area (Å²) in [6.45, 7) is 0. The van der Waals surface area contributed by atoms with Gasteiger partial charge in [-0.05, 0) is 0 Å². The zero-order valence-electron chi connectivity index (χ0n) is 3.63. The maximum absolute atomic E-state index is 10.0. The first kappa shape index (κ1) is 7.20. The van der Waals surface area contributed by atoms with E-state index < -0.39 is 6.03 Å². The number of urea groups is 1. The number of hydroxylamine groups is 1. The number of hydrogen-bond donors (Lipinski definition) is 2. The molecule has 0 fully saturated rings. The minimum atomic E-state index is -0.924. The van der Waals surface area contributed by atoms with Crippen LogP contribution < -0.4 is 5.48 Å². The van der Waals surface area contributed by atoms with E-state index in [1.54, 1.807) is 0 Å². The van der Waals surface area contributed by atoms with Crippen molar-refractivity contribution in [2.75, 3.05) is 0 Å². The van der Waals surface area contributed by atoms with E-state index in [0.717, 1.165) is 0 Å². The Bertz CT molecular complexity index is 130. The average molecular weight is 180 g/mol. The van der Waals surface area contributed by atoms with Gasteiger partial charge in [-0.2, -0.15) is 9.19 Å². The number of nitriles is 1. The SMILES string of the molecule is N#CN(Br)C(=O)NO. The van der Waals surface area contributed by atoms with E-state index in [2.05, 4.69) is 16.1 Å². The minimum absolute atomic E-state index is 0.465. The van der Waals surface area contributed by atoms with Crippen LogP contribution in [0.4, 0.5) is 4.79 Å². The zero-order chi connectivity index (χ0) is 6.57. The van der Waals surface area contributed by atoms with Crippen molar-refractivity contribution in [3.63, 3.8) is 0 Å². The Kier molecular flexibility index (Phi) is 2.91. The summed E-state index contributed by atoms with van der Waals surface area (Å²) in [6, 6.07) is -0.924. The van der Waals surface area contributed by atoms with Crippen molar-refractivity contribution >= 4 is 22.2 Å². The third-order valence-corrected chi connectivity index (χ3v) is 0.842. The van der Waals surface area contributed by atoms with E-state index in [9.17, 15) is 4.79 Å². The van der Waals surface area contributed by atoms with Crippen LogP contribution in [0.1, 0.15) is 0 Å². The van der Waals surface area contributed by atoms with Gasteiger partial charge in [0.05, 0.1) is 16.1 Å². The Morgan fingerprint density at radius 3 is 2.62 bits per heavy atom. The molecule has 5 nitrogen and oxygen atoms in total. The Morgan fingerprint density at radius 1 is 2.00 bits per heavy atom. The molecular formula is C2H2BrN3O2. The highest BCUT2D eigenvalue weighted by atomic mass is 79.9. The van der Waals surface area contributed by atoms with Gasteiger partial charge < -0.3 is 0 Å². The average Bonchev–Trinajstić information content (AvgIpc) is 1.84. The van der Waals surface area contributed by atoms with E-state index in [4.69, 9.17) is 10.5 Å². The molecule has 0 saturated heterocycles. The van der Waals surface area contributed by atoms with Crippen LogP contribution in [0.15, 0.2) is 0 Å². The van der Waals surface area contributed by atoms with E-state index in [1.165, 1.54) is 11.7 Å². The molecule has 0 aliphatic rings. The molecule has 0 aliphatic carbocycles. The Morgan fingerprint density at radius 2 is 2.50 bits per heavy atom. The van der Waals surface area contributed by atoms with Crippen molar-refractivity contribution in [1.82, 2.24) is 9.41 Å². The lowest BCUT2D eigenvalue weighted by molar-refractivity contribution is 0.156. The maximum Gasteiger partial charge on any atom is 0.364 e. The highest BCUT2D eigenvalue weighted by molar-refractivity contribution is 9.07. The van der Waals surface area contributed by atoms with Crippen molar-refractivity contribution in [1.29, 1.82) is 5.26 Å². The van der Waals surface area contributed by atoms with Crippen LogP contribution in [0, 0.1) is 11.5 Å². The van der Waals surface area contributed by atoms with Gasteiger partial charge in [-0.3, -0.25) is 5.21 Å². The first-order valence-electron chi connectivity index (χ1n) is 1.52. The summed E-state index contributed by atoms with van der Waals surface area (Å²) in [7, 11) is 0. The number of nitrogens with one attached hydrogen (secondary N) is 1. The number of halogens is 1. The first-order chi connectivity index (χ1) is 3.72. The molecule has 0 aromatic rings. The molecule has 0 atom stereocenters. The van der Waals surface area contributed by atoms with Gasteiger partial charge in [0.1, 0.15) is 0 Å². The van der Waals surface area contributed by atoms with Crippen LogP contribution in [0.25, 0.3) is 0 Å². The summed E-state index contributed by atoms with van der Waals surface area (Å²) < 4.78 is 0.465. The molecule has 0 aromatic heterocycles. The second-order valence-electron chi connectivity index (χ2n) is 0.798. The largest absolute Gasteiger partial charge is 0.364 e. The smallest absolute Gasteiger partial charge is 0.287 e. The van der Waals surface area contributed by atoms with Crippen LogP contribution in [0.2, 0.25) is 0 Å². The van der Waals surface area contributed by atoms with Crippen molar-refractivity contribution in [3.05, 3.63) is 0 Å². The van der Waals surface area contributed by atoms with Gasteiger partial charge >= 0.3 is 6.03 Å². The van der Waals surface area contributed by atoms with Crippen LogP contribution in [0.3, 0.4) is 0 Å². The fourth-order valence-electron chi connectivity index (χ4n) is 0.0893. The molecule has 0 aromatic carbocycles. The molecular weight excluding hydrogens is 178 g/mol. The van der Waals surface area contributed by atoms with E-state index in [-0.39, 0.29) is 0 Å². The maximum atomic E-state index is 10.0. The van der Waals surface area contributed by atoms with Crippen LogP contribution in [-0.2, 0) is 0 Å². The fraction of sp³-hybridized carbons (Fsp3) is 0. The van der Waals surface area contributed by atoms with Crippen LogP contribution in [-0.4, -0.2) is 15.2 Å². The van der Waals surface area contributed by atoms with Crippen molar-refractivity contribution < 1.29 is 10.0 Å². The van der Waals surface area contributed by atoms with E-state index in [1.807, 2.05) is 0 Å². The van der Waals surface area contributed by atoms with Gasteiger partial charge in [-0.1, -0.05) is 0 Å². The van der Waals surface area contributed by atoms with Gasteiger partial charge in [-0.15, -0.1) is 0 Å². The monoisotopic (exact) mass is 179 g/mol. The molecule has 0 heterocycles. The predicted octanol–water partition coefficient (Wildman–Crippen LogP) is 0.178. The van der Waals surface area contributed by atoms with E-state index in [0.29, 0.717) is 3.93 Å². The van der Waals surface area contributed by atoms with Crippen LogP contribution >= 0.6 is 16.1 Å². The molecule has 0 unspecified atom stereocenters. The lowest BCUT2D eigenvalue weighted by Crippen LogP contribution is -2.27. The van der Waals surface area contributed by atoms with Crippen molar-refractivity contribution in [2.24, 2.45) is 0 Å². The zero-order valence-corrected chi connectivity index (χ0v) is 5.21. The third kappa shape index (κ3) is 1.77. The Hall–Kier alpha value is -0.800. The molecule has 8 heavy (non-hydrogen) atoms. The summed E-state index contributed by atoms with van der Waals surface area (Å²) in [4.78, 5) is 10.0. The second kappa shape index (κ2) is 3.23. The van der Waals surface area contributed by atoms with Crippen LogP contribution in [0.5, 0.6) is 0 Å². The highest BCUT2D eigenvalue weighted by Crippen LogP contribution is 1.92. The number of carbonyl (C=O) groups is 1. The molecule has 0 radical (unpaired) electrons. The normalized spacial score (nSPS) is 7.12. The first-order valence-corrected chi connectivity index (χ1v) is 2.23. The molecule has 2 N–H and O–H groups in total. The molecule has 6 heteroatoms. The van der Waals surface area contributed by atoms with Gasteiger partial charge in [-0.25, -0.2) is 10.3 Å². The minimum Gasteiger partial charge on any atom is -0.287 e. The number of hydrogen-bond acceptors (Lipinski definition) is 3. The molecule has 0 spiro atoms. The van der Waals surface area contributed by atoms with Gasteiger partial charge in [0.15, 0.2) is 6.19 Å². The fourth-order valence-corrected chi connectivity index (χ4v) is 0.169. The van der Waals surface area contributed by atoms with Crippen molar-refractivity contribution in [2.45, 2.75) is 0 Å². The third-order valence-electron chi connectivity index (χ3n) is 0.362. The molecule has 0 bridgehead atoms. The Balaban J connectivity index is 3.68. The number of rotatable bonds is 0. The lowest BCUT2D eigenvalue weighted by atomic mass is 11.0. The molecule has 0 rings (SSSR count). The Labute approximate surface area is 53.8 Å². The second-order valence-corrected chi connectivity index (χ2v) is 1.51.